The van der Waals surface area contributed by atoms with Gasteiger partial charge in [0.2, 0.25) is 0 Å². The van der Waals surface area contributed by atoms with E-state index in [4.69, 9.17) is 0 Å². The number of benzene rings is 2. The molecule has 0 spiro atoms. The first kappa shape index (κ1) is 15.0. The molecule has 110 valence electrons. The Morgan fingerprint density at radius 1 is 1.00 bits per heavy atom. The summed E-state index contributed by atoms with van der Waals surface area (Å²) < 4.78 is 0. The van der Waals surface area contributed by atoms with Crippen LogP contribution < -0.4 is 5.32 Å². The number of amides is 1. The van der Waals surface area contributed by atoms with Gasteiger partial charge in [0.05, 0.1) is 5.56 Å². The normalized spacial score (nSPS) is 12.4. The van der Waals surface area contributed by atoms with E-state index in [1.54, 1.807) is 18.2 Å². The minimum absolute atomic E-state index is 0.0183. The van der Waals surface area contributed by atoms with Gasteiger partial charge in [0, 0.05) is 17.0 Å². The summed E-state index contributed by atoms with van der Waals surface area (Å²) in [5, 5.41) is 13.5. The van der Waals surface area contributed by atoms with Crippen molar-refractivity contribution < 1.29 is 14.7 Å². The molecule has 2 aromatic carbocycles. The fraction of sp³-hybridized carbons (Fsp3) is 0.294. The monoisotopic (exact) mass is 285 g/mol. The standard InChI is InChI=1S/C17H19NO3/c1-10(2)11(3)18-16(19)13-8-4-6-12-7-5-9-14(15(12)13)17(20)21/h4-11H,1-3H3,(H,18,19)(H,20,21). The smallest absolute Gasteiger partial charge is 0.336 e. The number of aromatic carboxylic acids is 1. The molecule has 0 saturated heterocycles. The zero-order chi connectivity index (χ0) is 15.6. The van der Waals surface area contributed by atoms with Crippen LogP contribution in [0.4, 0.5) is 0 Å². The maximum absolute atomic E-state index is 12.4. The molecule has 1 atom stereocenters. The Bertz CT molecular complexity index is 686. The minimum Gasteiger partial charge on any atom is -0.478 e. The predicted molar refractivity (Wildman–Crippen MR) is 82.7 cm³/mol. The first-order valence-corrected chi connectivity index (χ1v) is 6.97. The molecule has 0 saturated carbocycles. The van der Waals surface area contributed by atoms with Gasteiger partial charge in [-0.25, -0.2) is 4.79 Å². The lowest BCUT2D eigenvalue weighted by atomic mass is 9.98. The number of rotatable bonds is 4. The van der Waals surface area contributed by atoms with Gasteiger partial charge in [0.1, 0.15) is 0 Å². The Balaban J connectivity index is 2.54. The third-order valence-electron chi connectivity index (χ3n) is 3.74. The maximum Gasteiger partial charge on any atom is 0.336 e. The Kier molecular flexibility index (Phi) is 4.26. The molecule has 0 aliphatic heterocycles. The quantitative estimate of drug-likeness (QED) is 0.905. The van der Waals surface area contributed by atoms with Crippen LogP contribution in [0.15, 0.2) is 36.4 Å². The van der Waals surface area contributed by atoms with Crippen LogP contribution in [0, 0.1) is 5.92 Å². The van der Waals surface area contributed by atoms with Gasteiger partial charge in [0.25, 0.3) is 5.91 Å². The van der Waals surface area contributed by atoms with Gasteiger partial charge in [-0.2, -0.15) is 0 Å². The van der Waals surface area contributed by atoms with E-state index in [1.165, 1.54) is 6.07 Å². The van der Waals surface area contributed by atoms with Crippen molar-refractivity contribution in [1.82, 2.24) is 5.32 Å². The molecule has 0 fully saturated rings. The van der Waals surface area contributed by atoms with E-state index in [-0.39, 0.29) is 17.5 Å². The zero-order valence-electron chi connectivity index (χ0n) is 12.4. The molecule has 0 bridgehead atoms. The van der Waals surface area contributed by atoms with Crippen molar-refractivity contribution in [2.45, 2.75) is 26.8 Å². The van der Waals surface area contributed by atoms with Crippen molar-refractivity contribution in [3.63, 3.8) is 0 Å². The van der Waals surface area contributed by atoms with Crippen molar-refractivity contribution in [2.75, 3.05) is 0 Å². The van der Waals surface area contributed by atoms with Crippen LogP contribution >= 0.6 is 0 Å². The van der Waals surface area contributed by atoms with Crippen LogP contribution in [0.2, 0.25) is 0 Å². The summed E-state index contributed by atoms with van der Waals surface area (Å²) in [6, 6.07) is 10.3. The summed E-state index contributed by atoms with van der Waals surface area (Å²) >= 11 is 0. The molecule has 0 aliphatic carbocycles. The highest BCUT2D eigenvalue weighted by atomic mass is 16.4. The number of carboxylic acid groups (broad SMARTS) is 1. The summed E-state index contributed by atoms with van der Waals surface area (Å²) in [5.41, 5.74) is 0.549. The molecule has 0 radical (unpaired) electrons. The zero-order valence-corrected chi connectivity index (χ0v) is 12.4. The number of hydrogen-bond donors (Lipinski definition) is 2. The average molecular weight is 285 g/mol. The van der Waals surface area contributed by atoms with Gasteiger partial charge in [0.15, 0.2) is 0 Å². The first-order chi connectivity index (χ1) is 9.91. The van der Waals surface area contributed by atoms with E-state index in [2.05, 4.69) is 5.32 Å². The van der Waals surface area contributed by atoms with E-state index in [0.717, 1.165) is 5.39 Å². The number of carboxylic acids is 1. The Morgan fingerprint density at radius 2 is 1.57 bits per heavy atom. The summed E-state index contributed by atoms with van der Waals surface area (Å²) in [5.74, 6) is -0.962. The highest BCUT2D eigenvalue weighted by Gasteiger charge is 2.18. The lowest BCUT2D eigenvalue weighted by Crippen LogP contribution is -2.36. The van der Waals surface area contributed by atoms with E-state index in [1.807, 2.05) is 32.9 Å². The second-order valence-electron chi connectivity index (χ2n) is 5.52. The van der Waals surface area contributed by atoms with Crippen LogP contribution in [0.1, 0.15) is 41.5 Å². The summed E-state index contributed by atoms with van der Waals surface area (Å²) in [6.07, 6.45) is 0. The van der Waals surface area contributed by atoms with Crippen LogP contribution in [0.3, 0.4) is 0 Å². The first-order valence-electron chi connectivity index (χ1n) is 6.97. The van der Waals surface area contributed by atoms with Gasteiger partial charge < -0.3 is 10.4 Å². The summed E-state index contributed by atoms with van der Waals surface area (Å²) in [7, 11) is 0. The van der Waals surface area contributed by atoms with Crippen LogP contribution in [0.25, 0.3) is 10.8 Å². The highest BCUT2D eigenvalue weighted by Crippen LogP contribution is 2.23. The molecular weight excluding hydrogens is 266 g/mol. The predicted octanol–water partition coefficient (Wildman–Crippen LogP) is 3.31. The molecule has 1 amide bonds. The number of carbonyl (C=O) groups is 2. The average Bonchev–Trinajstić information content (AvgIpc) is 2.45. The lowest BCUT2D eigenvalue weighted by molar-refractivity contribution is 0.0699. The second kappa shape index (κ2) is 5.95. The largest absolute Gasteiger partial charge is 0.478 e. The fourth-order valence-electron chi connectivity index (χ4n) is 2.16. The summed E-state index contributed by atoms with van der Waals surface area (Å²) in [4.78, 5) is 23.8. The third kappa shape index (κ3) is 3.05. The molecule has 21 heavy (non-hydrogen) atoms. The maximum atomic E-state index is 12.4. The molecular formula is C17H19NO3. The van der Waals surface area contributed by atoms with Gasteiger partial charge in [-0.3, -0.25) is 4.79 Å². The SMILES string of the molecule is CC(C)C(C)NC(=O)c1cccc2cccc(C(=O)O)c12. The van der Waals surface area contributed by atoms with Gasteiger partial charge in [-0.05, 0) is 30.4 Å². The van der Waals surface area contributed by atoms with E-state index >= 15 is 0 Å². The number of fused-ring (bicyclic) bond motifs is 1. The topological polar surface area (TPSA) is 66.4 Å². The molecule has 0 aromatic heterocycles. The Hall–Kier alpha value is -2.36. The number of nitrogens with one attached hydrogen (secondary N) is 1. The lowest BCUT2D eigenvalue weighted by Gasteiger charge is -2.18. The Morgan fingerprint density at radius 3 is 2.10 bits per heavy atom. The molecule has 4 nitrogen and oxygen atoms in total. The van der Waals surface area contributed by atoms with Gasteiger partial charge >= 0.3 is 5.97 Å². The van der Waals surface area contributed by atoms with Crippen LogP contribution in [-0.4, -0.2) is 23.0 Å². The second-order valence-corrected chi connectivity index (χ2v) is 5.52. The molecule has 2 N–H and O–H groups in total. The molecule has 2 aromatic rings. The van der Waals surface area contributed by atoms with Crippen molar-refractivity contribution in [2.24, 2.45) is 5.92 Å². The Labute approximate surface area is 123 Å². The highest BCUT2D eigenvalue weighted by molar-refractivity contribution is 6.14. The fourth-order valence-corrected chi connectivity index (χ4v) is 2.16. The van der Waals surface area contributed by atoms with Crippen molar-refractivity contribution in [1.29, 1.82) is 0 Å². The molecule has 2 rings (SSSR count). The van der Waals surface area contributed by atoms with Crippen LogP contribution in [0.5, 0.6) is 0 Å². The number of hydrogen-bond acceptors (Lipinski definition) is 2. The minimum atomic E-state index is -1.03. The molecule has 0 aliphatic rings. The third-order valence-corrected chi connectivity index (χ3v) is 3.74. The van der Waals surface area contributed by atoms with Gasteiger partial charge in [-0.15, -0.1) is 0 Å². The number of carbonyl (C=O) groups excluding carboxylic acids is 1. The van der Waals surface area contributed by atoms with E-state index in [0.29, 0.717) is 16.9 Å². The van der Waals surface area contributed by atoms with Crippen LogP contribution in [-0.2, 0) is 0 Å². The van der Waals surface area contributed by atoms with E-state index < -0.39 is 5.97 Å². The van der Waals surface area contributed by atoms with Crippen molar-refractivity contribution >= 4 is 22.6 Å². The van der Waals surface area contributed by atoms with E-state index in [9.17, 15) is 14.7 Å². The van der Waals surface area contributed by atoms with Gasteiger partial charge in [-0.1, -0.05) is 38.1 Å². The summed E-state index contributed by atoms with van der Waals surface area (Å²) in [6.45, 7) is 5.99. The molecule has 0 heterocycles. The van der Waals surface area contributed by atoms with Crippen molar-refractivity contribution in [3.8, 4) is 0 Å². The molecule has 4 heteroatoms. The molecule has 1 unspecified atom stereocenters. The van der Waals surface area contributed by atoms with Crippen molar-refractivity contribution in [3.05, 3.63) is 47.5 Å².